The summed E-state index contributed by atoms with van der Waals surface area (Å²) >= 11 is 0. The minimum Gasteiger partial charge on any atom is -0.325 e. The second kappa shape index (κ2) is 7.29. The van der Waals surface area contributed by atoms with Gasteiger partial charge in [-0.25, -0.2) is 0 Å². The van der Waals surface area contributed by atoms with Crippen molar-refractivity contribution in [3.8, 4) is 17.2 Å². The smallest absolute Gasteiger partial charge is 0.240 e. The molecule has 1 aliphatic rings. The first-order valence-corrected chi connectivity index (χ1v) is 8.29. The SMILES string of the molecule is N#CC1CCCN1C(=O)C(N)Cc1ccc(-c2ccccc2)cc1. The Labute approximate surface area is 142 Å². The molecule has 2 aromatic rings. The summed E-state index contributed by atoms with van der Waals surface area (Å²) < 4.78 is 0. The van der Waals surface area contributed by atoms with Crippen molar-refractivity contribution in [1.29, 1.82) is 5.26 Å². The molecule has 0 aromatic heterocycles. The van der Waals surface area contributed by atoms with Crippen LogP contribution < -0.4 is 5.73 Å². The fourth-order valence-electron chi connectivity index (χ4n) is 3.18. The summed E-state index contributed by atoms with van der Waals surface area (Å²) in [4.78, 5) is 14.1. The minimum atomic E-state index is -0.596. The molecular formula is C20H21N3O. The van der Waals surface area contributed by atoms with Crippen molar-refractivity contribution in [3.05, 3.63) is 60.2 Å². The lowest BCUT2D eigenvalue weighted by Crippen LogP contribution is -2.46. The van der Waals surface area contributed by atoms with E-state index in [0.717, 1.165) is 24.0 Å². The summed E-state index contributed by atoms with van der Waals surface area (Å²) in [5.41, 5.74) is 9.43. The molecule has 1 saturated heterocycles. The van der Waals surface area contributed by atoms with E-state index in [1.54, 1.807) is 4.90 Å². The van der Waals surface area contributed by atoms with Crippen molar-refractivity contribution >= 4 is 5.91 Å². The molecule has 2 aromatic carbocycles. The summed E-state index contributed by atoms with van der Waals surface area (Å²) in [6.45, 7) is 0.637. The Balaban J connectivity index is 1.65. The van der Waals surface area contributed by atoms with Crippen LogP contribution in [0.15, 0.2) is 54.6 Å². The molecule has 4 nitrogen and oxygen atoms in total. The van der Waals surface area contributed by atoms with E-state index in [1.165, 1.54) is 5.56 Å². The third-order valence-corrected chi connectivity index (χ3v) is 4.52. The number of hydrogen-bond acceptors (Lipinski definition) is 3. The van der Waals surface area contributed by atoms with E-state index in [4.69, 9.17) is 11.0 Å². The Morgan fingerprint density at radius 3 is 2.50 bits per heavy atom. The molecule has 1 aliphatic heterocycles. The van der Waals surface area contributed by atoms with Gasteiger partial charge in [0.05, 0.1) is 12.1 Å². The highest BCUT2D eigenvalue weighted by atomic mass is 16.2. The first-order valence-electron chi connectivity index (χ1n) is 8.29. The average Bonchev–Trinajstić information content (AvgIpc) is 3.11. The number of hydrogen-bond donors (Lipinski definition) is 1. The Kier molecular flexibility index (Phi) is 4.93. The molecule has 2 atom stereocenters. The lowest BCUT2D eigenvalue weighted by molar-refractivity contribution is -0.132. The molecule has 1 amide bonds. The zero-order chi connectivity index (χ0) is 16.9. The number of carbonyl (C=O) groups excluding carboxylic acids is 1. The largest absolute Gasteiger partial charge is 0.325 e. The lowest BCUT2D eigenvalue weighted by Gasteiger charge is -2.23. The number of carbonyl (C=O) groups is 1. The molecule has 122 valence electrons. The first-order chi connectivity index (χ1) is 11.7. The van der Waals surface area contributed by atoms with Crippen molar-refractivity contribution in [2.24, 2.45) is 5.73 Å². The second-order valence-electron chi connectivity index (χ2n) is 6.19. The van der Waals surface area contributed by atoms with Crippen LogP contribution >= 0.6 is 0 Å². The third-order valence-electron chi connectivity index (χ3n) is 4.52. The number of amides is 1. The summed E-state index contributed by atoms with van der Waals surface area (Å²) in [5.74, 6) is -0.119. The molecule has 2 unspecified atom stereocenters. The van der Waals surface area contributed by atoms with Gasteiger partial charge in [0.2, 0.25) is 5.91 Å². The molecule has 1 heterocycles. The van der Waals surface area contributed by atoms with Gasteiger partial charge < -0.3 is 10.6 Å². The Morgan fingerprint density at radius 1 is 1.17 bits per heavy atom. The number of nitrogens with two attached hydrogens (primary N) is 1. The molecule has 4 heteroatoms. The predicted molar refractivity (Wildman–Crippen MR) is 93.9 cm³/mol. The van der Waals surface area contributed by atoms with Crippen LogP contribution in [0.4, 0.5) is 0 Å². The maximum Gasteiger partial charge on any atom is 0.240 e. The maximum atomic E-state index is 12.5. The second-order valence-corrected chi connectivity index (χ2v) is 6.19. The van der Waals surface area contributed by atoms with Gasteiger partial charge in [0.1, 0.15) is 6.04 Å². The van der Waals surface area contributed by atoms with E-state index in [9.17, 15) is 4.79 Å². The van der Waals surface area contributed by atoms with Crippen LogP contribution in [-0.4, -0.2) is 29.4 Å². The summed E-state index contributed by atoms with van der Waals surface area (Å²) in [6.07, 6.45) is 2.12. The number of rotatable bonds is 4. The van der Waals surface area contributed by atoms with Gasteiger partial charge in [-0.15, -0.1) is 0 Å². The van der Waals surface area contributed by atoms with Crippen LogP contribution in [0.5, 0.6) is 0 Å². The standard InChI is InChI=1S/C20H21N3O/c21-14-18-7-4-12-23(18)20(24)19(22)13-15-8-10-17(11-9-15)16-5-2-1-3-6-16/h1-3,5-6,8-11,18-19H,4,7,12-13,22H2. The Morgan fingerprint density at radius 2 is 1.83 bits per heavy atom. The Bertz CT molecular complexity index is 734. The van der Waals surface area contributed by atoms with Gasteiger partial charge in [-0.2, -0.15) is 5.26 Å². The van der Waals surface area contributed by atoms with Crippen LogP contribution in [0.25, 0.3) is 11.1 Å². The highest BCUT2D eigenvalue weighted by molar-refractivity contribution is 5.83. The molecule has 0 bridgehead atoms. The molecule has 0 saturated carbocycles. The van der Waals surface area contributed by atoms with E-state index >= 15 is 0 Å². The van der Waals surface area contributed by atoms with Gasteiger partial charge in [0.25, 0.3) is 0 Å². The molecule has 0 radical (unpaired) electrons. The fourth-order valence-corrected chi connectivity index (χ4v) is 3.18. The van der Waals surface area contributed by atoms with Gasteiger partial charge in [-0.1, -0.05) is 54.6 Å². The quantitative estimate of drug-likeness (QED) is 0.942. The molecule has 1 fully saturated rings. The summed E-state index contributed by atoms with van der Waals surface area (Å²) in [7, 11) is 0. The zero-order valence-corrected chi connectivity index (χ0v) is 13.6. The third kappa shape index (κ3) is 3.47. The lowest BCUT2D eigenvalue weighted by atomic mass is 10.0. The Hall–Kier alpha value is -2.64. The number of nitriles is 1. The molecule has 24 heavy (non-hydrogen) atoms. The van der Waals surface area contributed by atoms with E-state index in [1.807, 2.05) is 30.3 Å². The number of nitrogens with zero attached hydrogens (tertiary/aromatic N) is 2. The highest BCUT2D eigenvalue weighted by Gasteiger charge is 2.31. The van der Waals surface area contributed by atoms with Crippen molar-refractivity contribution in [2.45, 2.75) is 31.3 Å². The number of benzene rings is 2. The van der Waals surface area contributed by atoms with Crippen LogP contribution in [0, 0.1) is 11.3 Å². The van der Waals surface area contributed by atoms with Gasteiger partial charge in [-0.05, 0) is 36.0 Å². The summed E-state index contributed by atoms with van der Waals surface area (Å²) in [6, 6.07) is 19.6. The van der Waals surface area contributed by atoms with E-state index < -0.39 is 6.04 Å². The molecular weight excluding hydrogens is 298 g/mol. The normalized spacial score (nSPS) is 18.2. The van der Waals surface area contributed by atoms with Gasteiger partial charge in [-0.3, -0.25) is 4.79 Å². The molecule has 0 spiro atoms. The maximum absolute atomic E-state index is 12.5. The molecule has 3 rings (SSSR count). The average molecular weight is 319 g/mol. The number of likely N-dealkylation sites (tertiary alicyclic amines) is 1. The van der Waals surface area contributed by atoms with E-state index in [2.05, 4.69) is 30.3 Å². The van der Waals surface area contributed by atoms with Crippen LogP contribution in [0.1, 0.15) is 18.4 Å². The monoisotopic (exact) mass is 319 g/mol. The molecule has 2 N–H and O–H groups in total. The van der Waals surface area contributed by atoms with Crippen molar-refractivity contribution in [3.63, 3.8) is 0 Å². The van der Waals surface area contributed by atoms with Crippen molar-refractivity contribution < 1.29 is 4.79 Å². The molecule has 0 aliphatic carbocycles. The topological polar surface area (TPSA) is 70.1 Å². The zero-order valence-electron chi connectivity index (χ0n) is 13.6. The fraction of sp³-hybridized carbons (Fsp3) is 0.300. The van der Waals surface area contributed by atoms with Crippen molar-refractivity contribution in [1.82, 2.24) is 4.90 Å². The van der Waals surface area contributed by atoms with Gasteiger partial charge in [0, 0.05) is 6.54 Å². The van der Waals surface area contributed by atoms with E-state index in [-0.39, 0.29) is 11.9 Å². The van der Waals surface area contributed by atoms with Crippen LogP contribution in [0.2, 0.25) is 0 Å². The minimum absolute atomic E-state index is 0.119. The first kappa shape index (κ1) is 16.2. The van der Waals surface area contributed by atoms with E-state index in [0.29, 0.717) is 13.0 Å². The summed E-state index contributed by atoms with van der Waals surface area (Å²) in [5, 5.41) is 9.11. The predicted octanol–water partition coefficient (Wildman–Crippen LogP) is 2.74. The van der Waals surface area contributed by atoms with Gasteiger partial charge >= 0.3 is 0 Å². The van der Waals surface area contributed by atoms with Crippen LogP contribution in [0.3, 0.4) is 0 Å². The van der Waals surface area contributed by atoms with Crippen LogP contribution in [-0.2, 0) is 11.2 Å². The van der Waals surface area contributed by atoms with Crippen molar-refractivity contribution in [2.75, 3.05) is 6.54 Å². The highest BCUT2D eigenvalue weighted by Crippen LogP contribution is 2.21. The van der Waals surface area contributed by atoms with Gasteiger partial charge in [0.15, 0.2) is 0 Å².